The third-order valence-electron chi connectivity index (χ3n) is 2.12. The molecule has 0 aliphatic carbocycles. The number of hydrogen-bond donors (Lipinski definition) is 0. The smallest absolute Gasteiger partial charge is 0.130 e. The Hall–Kier alpha value is -1.11. The van der Waals surface area contributed by atoms with Gasteiger partial charge in [0, 0.05) is 0 Å². The molecule has 1 aromatic carbocycles. The predicted molar refractivity (Wildman–Crippen MR) is 59.1 cm³/mol. The van der Waals surface area contributed by atoms with Crippen LogP contribution < -0.4 is 0 Å². The molecule has 0 aliphatic rings. The zero-order valence-electron chi connectivity index (χ0n) is 9.10. The van der Waals surface area contributed by atoms with Crippen LogP contribution in [0, 0.1) is 0 Å². The van der Waals surface area contributed by atoms with Gasteiger partial charge in [0.1, 0.15) is 5.67 Å². The van der Waals surface area contributed by atoms with Crippen LogP contribution in [0.4, 0.5) is 4.39 Å². The van der Waals surface area contributed by atoms with Gasteiger partial charge in [-0.1, -0.05) is 36.4 Å². The van der Waals surface area contributed by atoms with Crippen molar-refractivity contribution in [1.82, 2.24) is 0 Å². The fraction of sp³-hybridized carbons (Fsp3) is 0.385. The van der Waals surface area contributed by atoms with Crippen molar-refractivity contribution in [3.8, 4) is 0 Å². The summed E-state index contributed by atoms with van der Waals surface area (Å²) in [6, 6.07) is 7.63. The highest BCUT2D eigenvalue weighted by atomic mass is 19.1. The number of benzene rings is 1. The van der Waals surface area contributed by atoms with Crippen molar-refractivity contribution < 1.29 is 4.39 Å². The number of allylic oxidation sites excluding steroid dienone is 1. The minimum absolute atomic E-state index is 0.733. The Balaban J connectivity index is 2.95. The van der Waals surface area contributed by atoms with E-state index in [0.717, 1.165) is 23.1 Å². The van der Waals surface area contributed by atoms with Crippen LogP contribution >= 0.6 is 0 Å². The third-order valence-corrected chi connectivity index (χ3v) is 2.12. The molecule has 1 rings (SSSR count). The van der Waals surface area contributed by atoms with E-state index in [-0.39, 0.29) is 0 Å². The minimum Gasteiger partial charge on any atom is -0.239 e. The molecule has 0 fully saturated rings. The summed E-state index contributed by atoms with van der Waals surface area (Å²) in [6.07, 6.45) is 0.823. The lowest BCUT2D eigenvalue weighted by Crippen LogP contribution is -2.09. The largest absolute Gasteiger partial charge is 0.239 e. The van der Waals surface area contributed by atoms with Crippen LogP contribution in [-0.2, 0) is 12.1 Å². The molecule has 76 valence electrons. The predicted octanol–water partition coefficient (Wildman–Crippen LogP) is 4.01. The summed E-state index contributed by atoms with van der Waals surface area (Å²) in [5, 5.41) is 0. The van der Waals surface area contributed by atoms with E-state index in [9.17, 15) is 4.39 Å². The van der Waals surface area contributed by atoms with Crippen molar-refractivity contribution in [3.05, 3.63) is 47.5 Å². The van der Waals surface area contributed by atoms with Gasteiger partial charge >= 0.3 is 0 Å². The standard InChI is InChI=1S/C13H17F/c1-10(2)8-11-6-5-7-12(9-11)13(3,4)14/h5-7,9H,1,8H2,2-4H3. The van der Waals surface area contributed by atoms with E-state index in [2.05, 4.69) is 6.58 Å². The zero-order valence-corrected chi connectivity index (χ0v) is 9.10. The average Bonchev–Trinajstić information content (AvgIpc) is 2.01. The lowest BCUT2D eigenvalue weighted by molar-refractivity contribution is 0.221. The van der Waals surface area contributed by atoms with Gasteiger partial charge in [0.05, 0.1) is 0 Å². The van der Waals surface area contributed by atoms with Gasteiger partial charge in [0.2, 0.25) is 0 Å². The Morgan fingerprint density at radius 2 is 2.07 bits per heavy atom. The summed E-state index contributed by atoms with van der Waals surface area (Å²) in [7, 11) is 0. The minimum atomic E-state index is -1.26. The Bertz CT molecular complexity index is 331. The van der Waals surface area contributed by atoms with Crippen LogP contribution in [0.25, 0.3) is 0 Å². The van der Waals surface area contributed by atoms with Gasteiger partial charge in [-0.2, -0.15) is 0 Å². The second kappa shape index (κ2) is 3.95. The van der Waals surface area contributed by atoms with Crippen molar-refractivity contribution in [2.24, 2.45) is 0 Å². The van der Waals surface area contributed by atoms with Crippen molar-refractivity contribution in [3.63, 3.8) is 0 Å². The van der Waals surface area contributed by atoms with E-state index < -0.39 is 5.67 Å². The van der Waals surface area contributed by atoms with Crippen LogP contribution in [0.2, 0.25) is 0 Å². The maximum absolute atomic E-state index is 13.6. The maximum atomic E-state index is 13.6. The molecule has 0 amide bonds. The van der Waals surface area contributed by atoms with Crippen molar-refractivity contribution in [1.29, 1.82) is 0 Å². The molecular weight excluding hydrogens is 175 g/mol. The molecule has 0 N–H and O–H groups in total. The highest BCUT2D eigenvalue weighted by Crippen LogP contribution is 2.25. The summed E-state index contributed by atoms with van der Waals surface area (Å²) < 4.78 is 13.6. The molecule has 0 aromatic heterocycles. The van der Waals surface area contributed by atoms with Crippen molar-refractivity contribution in [2.45, 2.75) is 32.9 Å². The van der Waals surface area contributed by atoms with Crippen molar-refractivity contribution in [2.75, 3.05) is 0 Å². The molecule has 0 bridgehead atoms. The monoisotopic (exact) mass is 192 g/mol. The average molecular weight is 192 g/mol. The summed E-state index contributed by atoms with van der Waals surface area (Å²) in [4.78, 5) is 0. The Labute approximate surface area is 85.5 Å². The summed E-state index contributed by atoms with van der Waals surface area (Å²) in [6.45, 7) is 8.98. The number of halogens is 1. The van der Waals surface area contributed by atoms with Crippen LogP contribution in [0.1, 0.15) is 31.9 Å². The second-order valence-electron chi connectivity index (χ2n) is 4.31. The van der Waals surface area contributed by atoms with E-state index >= 15 is 0 Å². The molecule has 0 heterocycles. The molecule has 0 aliphatic heterocycles. The van der Waals surface area contributed by atoms with Crippen molar-refractivity contribution >= 4 is 0 Å². The second-order valence-corrected chi connectivity index (χ2v) is 4.31. The molecule has 0 atom stereocenters. The van der Waals surface area contributed by atoms with Crippen LogP contribution in [-0.4, -0.2) is 0 Å². The lowest BCUT2D eigenvalue weighted by atomic mass is 9.96. The summed E-state index contributed by atoms with van der Waals surface area (Å²) >= 11 is 0. The normalized spacial score (nSPS) is 11.4. The first-order chi connectivity index (χ1) is 6.39. The fourth-order valence-corrected chi connectivity index (χ4v) is 1.40. The highest BCUT2D eigenvalue weighted by molar-refractivity contribution is 5.29. The van der Waals surface area contributed by atoms with E-state index in [1.807, 2.05) is 31.2 Å². The summed E-state index contributed by atoms with van der Waals surface area (Å²) in [5.74, 6) is 0. The van der Waals surface area contributed by atoms with Crippen LogP contribution in [0.3, 0.4) is 0 Å². The first-order valence-electron chi connectivity index (χ1n) is 4.82. The molecule has 0 radical (unpaired) electrons. The van der Waals surface area contributed by atoms with Gasteiger partial charge < -0.3 is 0 Å². The first-order valence-corrected chi connectivity index (χ1v) is 4.82. The molecule has 0 saturated heterocycles. The van der Waals surface area contributed by atoms with E-state index in [1.165, 1.54) is 0 Å². The first kappa shape index (κ1) is 11.0. The Morgan fingerprint density at radius 1 is 1.43 bits per heavy atom. The number of alkyl halides is 1. The van der Waals surface area contributed by atoms with E-state index in [1.54, 1.807) is 13.8 Å². The number of rotatable bonds is 3. The van der Waals surface area contributed by atoms with Gasteiger partial charge in [-0.3, -0.25) is 0 Å². The molecule has 0 nitrogen and oxygen atoms in total. The molecule has 1 heteroatoms. The topological polar surface area (TPSA) is 0 Å². The van der Waals surface area contributed by atoms with Gasteiger partial charge in [0.15, 0.2) is 0 Å². The van der Waals surface area contributed by atoms with Crippen LogP contribution in [0.5, 0.6) is 0 Å². The quantitative estimate of drug-likeness (QED) is 0.635. The third kappa shape index (κ3) is 2.99. The lowest BCUT2D eigenvalue weighted by Gasteiger charge is -2.15. The number of hydrogen-bond acceptors (Lipinski definition) is 0. The van der Waals surface area contributed by atoms with Crippen LogP contribution in [0.15, 0.2) is 36.4 Å². The molecule has 14 heavy (non-hydrogen) atoms. The molecular formula is C13H17F. The van der Waals surface area contributed by atoms with Gasteiger partial charge in [-0.15, -0.1) is 0 Å². The van der Waals surface area contributed by atoms with E-state index in [4.69, 9.17) is 0 Å². The zero-order chi connectivity index (χ0) is 10.8. The molecule has 0 saturated carbocycles. The fourth-order valence-electron chi connectivity index (χ4n) is 1.40. The Kier molecular flexibility index (Phi) is 3.10. The molecule has 1 aromatic rings. The summed E-state index contributed by atoms with van der Waals surface area (Å²) in [5.41, 5.74) is 1.70. The molecule has 0 unspecified atom stereocenters. The van der Waals surface area contributed by atoms with Gasteiger partial charge in [-0.25, -0.2) is 4.39 Å². The highest BCUT2D eigenvalue weighted by Gasteiger charge is 2.18. The van der Waals surface area contributed by atoms with E-state index in [0.29, 0.717) is 0 Å². The maximum Gasteiger partial charge on any atom is 0.130 e. The van der Waals surface area contributed by atoms with Gasteiger partial charge in [0.25, 0.3) is 0 Å². The Morgan fingerprint density at radius 3 is 2.57 bits per heavy atom. The van der Waals surface area contributed by atoms with Gasteiger partial charge in [-0.05, 0) is 38.3 Å². The SMILES string of the molecule is C=C(C)Cc1cccc(C(C)(C)F)c1. The molecule has 0 spiro atoms.